The molecule has 2 amide bonds. The molecule has 0 saturated carbocycles. The summed E-state index contributed by atoms with van der Waals surface area (Å²) in [4.78, 5) is 11.6. The zero-order valence-electron chi connectivity index (χ0n) is 9.91. The topological polar surface area (TPSA) is 62.4 Å². The van der Waals surface area contributed by atoms with Crippen molar-refractivity contribution >= 4 is 11.7 Å². The first kappa shape index (κ1) is 12.8. The lowest BCUT2D eigenvalue weighted by Crippen LogP contribution is -2.49. The van der Waals surface area contributed by atoms with Crippen LogP contribution < -0.4 is 16.0 Å². The van der Waals surface area contributed by atoms with Gasteiger partial charge in [-0.1, -0.05) is 0 Å². The summed E-state index contributed by atoms with van der Waals surface area (Å²) >= 11 is 0. The van der Waals surface area contributed by atoms with E-state index in [1.807, 2.05) is 0 Å². The van der Waals surface area contributed by atoms with Gasteiger partial charge < -0.3 is 20.7 Å². The van der Waals surface area contributed by atoms with Crippen LogP contribution in [-0.2, 0) is 4.74 Å². The molecule has 1 aliphatic rings. The van der Waals surface area contributed by atoms with Crippen LogP contribution in [0.3, 0.4) is 0 Å². The van der Waals surface area contributed by atoms with Crippen LogP contribution in [0, 0.1) is 5.82 Å². The van der Waals surface area contributed by atoms with Crippen LogP contribution in [0.25, 0.3) is 0 Å². The lowest BCUT2D eigenvalue weighted by atomic mass is 10.3. The highest BCUT2D eigenvalue weighted by atomic mass is 19.1. The van der Waals surface area contributed by atoms with Gasteiger partial charge in [0.2, 0.25) is 0 Å². The van der Waals surface area contributed by atoms with Gasteiger partial charge >= 0.3 is 6.03 Å². The van der Waals surface area contributed by atoms with Gasteiger partial charge in [-0.15, -0.1) is 0 Å². The van der Waals surface area contributed by atoms with Crippen LogP contribution in [0.15, 0.2) is 24.3 Å². The fraction of sp³-hybridized carbons (Fsp3) is 0.417. The number of hydrogen-bond acceptors (Lipinski definition) is 3. The standard InChI is InChI=1S/C12H16FN3O2/c13-9-1-3-10(4-2-9)16-12(17)15-7-11-8-18-6-5-14-11/h1-4,11,14H,5-8H2,(H2,15,16,17). The van der Waals surface area contributed by atoms with Crippen LogP contribution in [0.5, 0.6) is 0 Å². The average molecular weight is 253 g/mol. The Labute approximate surface area is 105 Å². The van der Waals surface area contributed by atoms with E-state index in [1.54, 1.807) is 0 Å². The van der Waals surface area contributed by atoms with Gasteiger partial charge in [0.15, 0.2) is 0 Å². The number of urea groups is 1. The molecule has 18 heavy (non-hydrogen) atoms. The molecule has 6 heteroatoms. The Morgan fingerprint density at radius 3 is 2.89 bits per heavy atom. The first-order valence-corrected chi connectivity index (χ1v) is 5.85. The second-order valence-electron chi connectivity index (χ2n) is 4.07. The molecular weight excluding hydrogens is 237 g/mol. The number of anilines is 1. The quantitative estimate of drug-likeness (QED) is 0.751. The highest BCUT2D eigenvalue weighted by molar-refractivity contribution is 5.89. The molecule has 0 bridgehead atoms. The van der Waals surface area contributed by atoms with Crippen LogP contribution in [-0.4, -0.2) is 38.4 Å². The van der Waals surface area contributed by atoms with E-state index in [4.69, 9.17) is 4.74 Å². The molecule has 0 spiro atoms. The van der Waals surface area contributed by atoms with Gasteiger partial charge in [0, 0.05) is 24.8 Å². The highest BCUT2D eigenvalue weighted by Crippen LogP contribution is 2.07. The van der Waals surface area contributed by atoms with E-state index >= 15 is 0 Å². The molecule has 2 rings (SSSR count). The molecule has 1 atom stereocenters. The lowest BCUT2D eigenvalue weighted by molar-refractivity contribution is 0.0776. The van der Waals surface area contributed by atoms with E-state index in [2.05, 4.69) is 16.0 Å². The molecule has 1 aromatic rings. The molecule has 98 valence electrons. The SMILES string of the molecule is O=C(NCC1COCCN1)Nc1ccc(F)cc1. The van der Waals surface area contributed by atoms with E-state index in [1.165, 1.54) is 24.3 Å². The summed E-state index contributed by atoms with van der Waals surface area (Å²) in [6, 6.07) is 5.44. The number of carbonyl (C=O) groups is 1. The monoisotopic (exact) mass is 253 g/mol. The third kappa shape index (κ3) is 3.97. The van der Waals surface area contributed by atoms with Crippen molar-refractivity contribution in [1.82, 2.24) is 10.6 Å². The van der Waals surface area contributed by atoms with Gasteiger partial charge in [-0.3, -0.25) is 0 Å². The second-order valence-corrected chi connectivity index (χ2v) is 4.07. The third-order valence-corrected chi connectivity index (χ3v) is 2.61. The fourth-order valence-electron chi connectivity index (χ4n) is 1.68. The first-order valence-electron chi connectivity index (χ1n) is 5.85. The number of morpholine rings is 1. The minimum Gasteiger partial charge on any atom is -0.378 e. The van der Waals surface area contributed by atoms with Crippen molar-refractivity contribution < 1.29 is 13.9 Å². The second kappa shape index (κ2) is 6.32. The Hall–Kier alpha value is -1.66. The van der Waals surface area contributed by atoms with Gasteiger partial charge in [0.05, 0.1) is 13.2 Å². The number of hydrogen-bond donors (Lipinski definition) is 3. The molecular formula is C12H16FN3O2. The number of amides is 2. The molecule has 5 nitrogen and oxygen atoms in total. The number of halogens is 1. The van der Waals surface area contributed by atoms with Crippen LogP contribution in [0.4, 0.5) is 14.9 Å². The minimum atomic E-state index is -0.329. The lowest BCUT2D eigenvalue weighted by Gasteiger charge is -2.23. The smallest absolute Gasteiger partial charge is 0.319 e. The summed E-state index contributed by atoms with van der Waals surface area (Å²) < 4.78 is 17.9. The molecule has 0 radical (unpaired) electrons. The van der Waals surface area contributed by atoms with Crippen molar-refractivity contribution in [3.8, 4) is 0 Å². The molecule has 1 aromatic carbocycles. The zero-order valence-corrected chi connectivity index (χ0v) is 9.91. The first-order chi connectivity index (χ1) is 8.74. The van der Waals surface area contributed by atoms with Crippen molar-refractivity contribution in [3.05, 3.63) is 30.1 Å². The molecule has 1 heterocycles. The third-order valence-electron chi connectivity index (χ3n) is 2.61. The van der Waals surface area contributed by atoms with Crippen LogP contribution in [0.2, 0.25) is 0 Å². The Kier molecular flexibility index (Phi) is 4.49. The molecule has 1 aliphatic heterocycles. The maximum Gasteiger partial charge on any atom is 0.319 e. The molecule has 1 unspecified atom stereocenters. The number of rotatable bonds is 3. The van der Waals surface area contributed by atoms with Crippen molar-refractivity contribution in [2.24, 2.45) is 0 Å². The van der Waals surface area contributed by atoms with Crippen molar-refractivity contribution in [2.45, 2.75) is 6.04 Å². The van der Waals surface area contributed by atoms with Gasteiger partial charge in [-0.2, -0.15) is 0 Å². The summed E-state index contributed by atoms with van der Waals surface area (Å²) in [5.41, 5.74) is 0.557. The Morgan fingerprint density at radius 1 is 1.44 bits per heavy atom. The number of benzene rings is 1. The largest absolute Gasteiger partial charge is 0.378 e. The predicted molar refractivity (Wildman–Crippen MR) is 66.0 cm³/mol. The predicted octanol–water partition coefficient (Wildman–Crippen LogP) is 0.936. The van der Waals surface area contributed by atoms with E-state index in [9.17, 15) is 9.18 Å². The number of ether oxygens (including phenoxy) is 1. The Morgan fingerprint density at radius 2 is 2.22 bits per heavy atom. The summed E-state index contributed by atoms with van der Waals surface area (Å²) in [6.07, 6.45) is 0. The summed E-state index contributed by atoms with van der Waals surface area (Å²) in [7, 11) is 0. The molecule has 3 N–H and O–H groups in total. The normalized spacial score (nSPS) is 19.3. The summed E-state index contributed by atoms with van der Waals surface area (Å²) in [5.74, 6) is -0.329. The maximum absolute atomic E-state index is 12.7. The molecule has 0 aliphatic carbocycles. The highest BCUT2D eigenvalue weighted by Gasteiger charge is 2.13. The zero-order chi connectivity index (χ0) is 12.8. The minimum absolute atomic E-state index is 0.137. The van der Waals surface area contributed by atoms with Gasteiger partial charge in [-0.05, 0) is 24.3 Å². The van der Waals surface area contributed by atoms with Crippen molar-refractivity contribution in [3.63, 3.8) is 0 Å². The van der Waals surface area contributed by atoms with E-state index < -0.39 is 0 Å². The van der Waals surface area contributed by atoms with Crippen LogP contribution in [0.1, 0.15) is 0 Å². The van der Waals surface area contributed by atoms with Gasteiger partial charge in [-0.25, -0.2) is 9.18 Å². The summed E-state index contributed by atoms with van der Waals surface area (Å²) in [6.45, 7) is 2.59. The summed E-state index contributed by atoms with van der Waals surface area (Å²) in [5, 5.41) is 8.58. The van der Waals surface area contributed by atoms with Gasteiger partial charge in [0.25, 0.3) is 0 Å². The Balaban J connectivity index is 1.73. The molecule has 1 fully saturated rings. The molecule has 1 saturated heterocycles. The van der Waals surface area contributed by atoms with E-state index in [0.717, 1.165) is 6.54 Å². The van der Waals surface area contributed by atoms with Crippen LogP contribution >= 0.6 is 0 Å². The Bertz CT molecular complexity index is 391. The maximum atomic E-state index is 12.7. The van der Waals surface area contributed by atoms with E-state index in [0.29, 0.717) is 25.4 Å². The molecule has 0 aromatic heterocycles. The fourth-order valence-corrected chi connectivity index (χ4v) is 1.68. The number of nitrogens with one attached hydrogen (secondary N) is 3. The average Bonchev–Trinajstić information content (AvgIpc) is 2.40. The number of carbonyl (C=O) groups excluding carboxylic acids is 1. The van der Waals surface area contributed by atoms with Gasteiger partial charge in [0.1, 0.15) is 5.82 Å². The van der Waals surface area contributed by atoms with E-state index in [-0.39, 0.29) is 17.9 Å². The van der Waals surface area contributed by atoms with Crippen molar-refractivity contribution in [2.75, 3.05) is 31.6 Å². The van der Waals surface area contributed by atoms with Crippen molar-refractivity contribution in [1.29, 1.82) is 0 Å².